The Bertz CT molecular complexity index is 987. The Balaban J connectivity index is 2.06. The van der Waals surface area contributed by atoms with Crippen molar-refractivity contribution in [1.29, 1.82) is 0 Å². The Labute approximate surface area is 155 Å². The summed E-state index contributed by atoms with van der Waals surface area (Å²) in [6, 6.07) is 14.1. The minimum atomic E-state index is -5.00. The summed E-state index contributed by atoms with van der Waals surface area (Å²) in [6.45, 7) is 0. The van der Waals surface area contributed by atoms with E-state index in [4.69, 9.17) is 0 Å². The molecule has 28 heavy (non-hydrogen) atoms. The van der Waals surface area contributed by atoms with Gasteiger partial charge in [0.15, 0.2) is 0 Å². The first-order valence-corrected chi connectivity index (χ1v) is 8.24. The third-order valence-corrected chi connectivity index (χ3v) is 4.93. The molecule has 3 aromatic carbocycles. The van der Waals surface area contributed by atoms with E-state index in [2.05, 4.69) is 0 Å². The zero-order valence-corrected chi connectivity index (χ0v) is 14.1. The van der Waals surface area contributed by atoms with Crippen molar-refractivity contribution >= 4 is 0 Å². The number of rotatable bonds is 1. The number of benzene rings is 3. The van der Waals surface area contributed by atoms with E-state index in [1.807, 2.05) is 0 Å². The van der Waals surface area contributed by atoms with Crippen molar-refractivity contribution in [3.05, 3.63) is 94.5 Å². The van der Waals surface area contributed by atoms with Crippen LogP contribution in [0.1, 0.15) is 27.8 Å². The van der Waals surface area contributed by atoms with E-state index in [-0.39, 0.29) is 17.2 Å². The largest absolute Gasteiger partial charge is 0.416 e. The number of fused-ring (bicyclic) bond motifs is 3. The lowest BCUT2D eigenvalue weighted by Gasteiger charge is -2.28. The van der Waals surface area contributed by atoms with Gasteiger partial charge in [-0.2, -0.15) is 26.3 Å². The van der Waals surface area contributed by atoms with Crippen LogP contribution in [0.15, 0.2) is 66.7 Å². The molecule has 1 aliphatic rings. The van der Waals surface area contributed by atoms with Crippen LogP contribution in [0.5, 0.6) is 0 Å². The maximum Gasteiger partial charge on any atom is 0.416 e. The van der Waals surface area contributed by atoms with E-state index < -0.39 is 34.6 Å². The van der Waals surface area contributed by atoms with E-state index in [0.717, 1.165) is 0 Å². The molecule has 0 spiro atoms. The number of hydrogen-bond donors (Lipinski definition) is 1. The molecule has 0 saturated carbocycles. The van der Waals surface area contributed by atoms with Gasteiger partial charge >= 0.3 is 12.4 Å². The maximum absolute atomic E-state index is 13.3. The first-order valence-electron chi connectivity index (χ1n) is 8.24. The number of alkyl halides is 6. The second-order valence-corrected chi connectivity index (χ2v) is 6.60. The zero-order valence-electron chi connectivity index (χ0n) is 14.1. The SMILES string of the molecule is OC1(c2cc(C(F)(F)F)cc(C(F)(F)F)c2)c2ccccc2-c2ccccc21. The van der Waals surface area contributed by atoms with Gasteiger partial charge in [-0.25, -0.2) is 0 Å². The summed E-state index contributed by atoms with van der Waals surface area (Å²) in [5.74, 6) is 0. The molecule has 0 fully saturated rings. The maximum atomic E-state index is 13.3. The molecule has 144 valence electrons. The van der Waals surface area contributed by atoms with E-state index in [1.54, 1.807) is 36.4 Å². The Morgan fingerprint density at radius 3 is 1.39 bits per heavy atom. The average Bonchev–Trinajstić information content (AvgIpc) is 2.91. The highest BCUT2D eigenvalue weighted by Gasteiger charge is 2.46. The van der Waals surface area contributed by atoms with Crippen LogP contribution in [0.3, 0.4) is 0 Å². The fourth-order valence-corrected chi connectivity index (χ4v) is 3.69. The molecule has 0 aromatic heterocycles. The molecule has 0 atom stereocenters. The molecule has 0 aliphatic heterocycles. The molecule has 0 radical (unpaired) electrons. The molecule has 7 heteroatoms. The second kappa shape index (κ2) is 5.85. The highest BCUT2D eigenvalue weighted by atomic mass is 19.4. The van der Waals surface area contributed by atoms with E-state index >= 15 is 0 Å². The van der Waals surface area contributed by atoms with Crippen molar-refractivity contribution in [1.82, 2.24) is 0 Å². The van der Waals surface area contributed by atoms with Gasteiger partial charge in [0, 0.05) is 11.1 Å². The molecule has 1 N–H and O–H groups in total. The van der Waals surface area contributed by atoms with Gasteiger partial charge in [-0.05, 0) is 34.9 Å². The predicted octanol–water partition coefficient (Wildman–Crippen LogP) is 5.99. The Morgan fingerprint density at radius 1 is 0.607 bits per heavy atom. The van der Waals surface area contributed by atoms with Gasteiger partial charge in [-0.15, -0.1) is 0 Å². The van der Waals surface area contributed by atoms with Crippen molar-refractivity contribution < 1.29 is 31.4 Å². The topological polar surface area (TPSA) is 20.2 Å². The summed E-state index contributed by atoms with van der Waals surface area (Å²) in [7, 11) is 0. The van der Waals surface area contributed by atoms with Crippen LogP contribution in [0.2, 0.25) is 0 Å². The molecular formula is C21H12F6O. The van der Waals surface area contributed by atoms with Crippen LogP contribution in [0, 0.1) is 0 Å². The van der Waals surface area contributed by atoms with Crippen LogP contribution in [-0.4, -0.2) is 5.11 Å². The molecule has 0 saturated heterocycles. The second-order valence-electron chi connectivity index (χ2n) is 6.60. The van der Waals surface area contributed by atoms with Gasteiger partial charge in [0.2, 0.25) is 0 Å². The molecule has 0 bridgehead atoms. The van der Waals surface area contributed by atoms with Crippen molar-refractivity contribution in [2.45, 2.75) is 18.0 Å². The van der Waals surface area contributed by atoms with Crippen molar-refractivity contribution in [2.75, 3.05) is 0 Å². The van der Waals surface area contributed by atoms with Gasteiger partial charge in [-0.3, -0.25) is 0 Å². The van der Waals surface area contributed by atoms with Crippen molar-refractivity contribution in [3.8, 4) is 11.1 Å². The number of hydrogen-bond acceptors (Lipinski definition) is 1. The van der Waals surface area contributed by atoms with Gasteiger partial charge in [0.05, 0.1) is 11.1 Å². The summed E-state index contributed by atoms with van der Waals surface area (Å²) in [4.78, 5) is 0. The highest BCUT2D eigenvalue weighted by molar-refractivity contribution is 5.82. The summed E-state index contributed by atoms with van der Waals surface area (Å²) in [5, 5.41) is 11.5. The Morgan fingerprint density at radius 2 is 1.00 bits per heavy atom. The first-order chi connectivity index (χ1) is 13.0. The smallest absolute Gasteiger partial charge is 0.376 e. The normalized spacial score (nSPS) is 15.2. The Hall–Kier alpha value is -2.80. The van der Waals surface area contributed by atoms with Gasteiger partial charge in [0.25, 0.3) is 0 Å². The standard InChI is InChI=1S/C21H12F6O/c22-20(23,24)13-9-12(10-14(11-13)21(25,26)27)19(28)17-7-3-1-5-15(17)16-6-2-4-8-18(16)19/h1-11,28H. The van der Waals surface area contributed by atoms with E-state index in [9.17, 15) is 31.4 Å². The predicted molar refractivity (Wildman–Crippen MR) is 90.4 cm³/mol. The fraction of sp³-hybridized carbons (Fsp3) is 0.143. The zero-order chi connectivity index (χ0) is 20.3. The van der Waals surface area contributed by atoms with Gasteiger partial charge in [-0.1, -0.05) is 48.5 Å². The highest BCUT2D eigenvalue weighted by Crippen LogP contribution is 2.52. The van der Waals surface area contributed by atoms with Crippen LogP contribution in [-0.2, 0) is 18.0 Å². The number of halogens is 6. The molecule has 4 rings (SSSR count). The van der Waals surface area contributed by atoms with Gasteiger partial charge < -0.3 is 5.11 Å². The lowest BCUT2D eigenvalue weighted by atomic mass is 9.82. The van der Waals surface area contributed by atoms with Crippen molar-refractivity contribution in [2.24, 2.45) is 0 Å². The summed E-state index contributed by atoms with van der Waals surface area (Å²) >= 11 is 0. The third kappa shape index (κ3) is 2.69. The summed E-state index contributed by atoms with van der Waals surface area (Å²) in [6.07, 6.45) is -9.99. The molecule has 0 amide bonds. The molecule has 1 nitrogen and oxygen atoms in total. The van der Waals surface area contributed by atoms with E-state index in [0.29, 0.717) is 23.3 Å². The molecule has 3 aromatic rings. The number of aliphatic hydroxyl groups is 1. The van der Waals surface area contributed by atoms with Crippen molar-refractivity contribution in [3.63, 3.8) is 0 Å². The Kier molecular flexibility index (Phi) is 3.88. The van der Waals surface area contributed by atoms with E-state index in [1.165, 1.54) is 12.1 Å². The lowest BCUT2D eigenvalue weighted by Crippen LogP contribution is -2.27. The van der Waals surface area contributed by atoms with Gasteiger partial charge in [0.1, 0.15) is 5.60 Å². The lowest BCUT2D eigenvalue weighted by molar-refractivity contribution is -0.143. The monoisotopic (exact) mass is 394 g/mol. The summed E-state index contributed by atoms with van der Waals surface area (Å²) in [5.41, 5.74) is -3.94. The first kappa shape index (κ1) is 18.6. The third-order valence-electron chi connectivity index (χ3n) is 4.93. The minimum Gasteiger partial charge on any atom is -0.376 e. The summed E-state index contributed by atoms with van der Waals surface area (Å²) < 4.78 is 79.7. The quantitative estimate of drug-likeness (QED) is 0.503. The van der Waals surface area contributed by atoms with Crippen LogP contribution in [0.25, 0.3) is 11.1 Å². The minimum absolute atomic E-state index is 0.0552. The molecular weight excluding hydrogens is 382 g/mol. The molecule has 1 aliphatic carbocycles. The molecule has 0 heterocycles. The van der Waals surface area contributed by atoms with Crippen LogP contribution in [0.4, 0.5) is 26.3 Å². The average molecular weight is 394 g/mol. The molecule has 0 unspecified atom stereocenters. The van der Waals surface area contributed by atoms with Crippen LogP contribution >= 0.6 is 0 Å². The fourth-order valence-electron chi connectivity index (χ4n) is 3.69. The van der Waals surface area contributed by atoms with Crippen LogP contribution < -0.4 is 0 Å².